The van der Waals surface area contributed by atoms with Gasteiger partial charge in [0.05, 0.1) is 25.2 Å². The minimum absolute atomic E-state index is 0.0815. The molecule has 0 aliphatic carbocycles. The second-order valence-electron chi connectivity index (χ2n) is 6.35. The van der Waals surface area contributed by atoms with Crippen LogP contribution in [0.4, 0.5) is 18.0 Å². The first-order valence-corrected chi connectivity index (χ1v) is 9.17. The zero-order chi connectivity index (χ0) is 23.0. The molecular formula is C21H21F3N2O5. The van der Waals surface area contributed by atoms with Gasteiger partial charge in [0.1, 0.15) is 0 Å². The molecular weight excluding hydrogens is 417 g/mol. The number of alkyl halides is 3. The van der Waals surface area contributed by atoms with Crippen molar-refractivity contribution in [2.45, 2.75) is 25.4 Å². The van der Waals surface area contributed by atoms with Crippen LogP contribution in [0.5, 0.6) is 0 Å². The van der Waals surface area contributed by atoms with E-state index in [-0.39, 0.29) is 24.4 Å². The van der Waals surface area contributed by atoms with Gasteiger partial charge in [0.2, 0.25) is 0 Å². The number of carbonyl (C=O) groups is 2. The Labute approximate surface area is 176 Å². The number of methoxy groups -OCH3 is 1. The highest BCUT2D eigenvalue weighted by atomic mass is 19.4. The molecule has 31 heavy (non-hydrogen) atoms. The second kappa shape index (κ2) is 10.5. The maximum atomic E-state index is 13.0. The Kier molecular flexibility index (Phi) is 8.00. The maximum Gasteiger partial charge on any atom is 0.535 e. The molecule has 2 rings (SSSR count). The van der Waals surface area contributed by atoms with E-state index in [1.807, 2.05) is 0 Å². The molecule has 2 N–H and O–H groups in total. The van der Waals surface area contributed by atoms with Crippen LogP contribution >= 0.6 is 0 Å². The molecule has 0 spiro atoms. The molecule has 0 aliphatic heterocycles. The summed E-state index contributed by atoms with van der Waals surface area (Å²) in [6, 6.07) is 11.0. The number of rotatable bonds is 7. The van der Waals surface area contributed by atoms with Crippen molar-refractivity contribution in [2.75, 3.05) is 13.7 Å². The van der Waals surface area contributed by atoms with E-state index >= 15 is 0 Å². The van der Waals surface area contributed by atoms with Gasteiger partial charge in [-0.15, -0.1) is 0 Å². The largest absolute Gasteiger partial charge is 0.535 e. The summed E-state index contributed by atoms with van der Waals surface area (Å²) in [5.41, 5.74) is 6.17. The second-order valence-corrected chi connectivity index (χ2v) is 6.35. The van der Waals surface area contributed by atoms with Crippen LogP contribution < -0.4 is 5.73 Å². The molecule has 0 heterocycles. The SMILES string of the molecule is CCOC(=O)O/N=C(\N)c1ccc(CC(C(=O)OC)c2cccc(C(F)(F)F)c2)cc1. The lowest BCUT2D eigenvalue weighted by Gasteiger charge is -2.17. The van der Waals surface area contributed by atoms with Gasteiger partial charge in [-0.2, -0.15) is 13.2 Å². The van der Waals surface area contributed by atoms with Crippen molar-refractivity contribution in [2.24, 2.45) is 10.9 Å². The minimum atomic E-state index is -4.53. The van der Waals surface area contributed by atoms with Gasteiger partial charge in [-0.3, -0.25) is 9.63 Å². The van der Waals surface area contributed by atoms with Gasteiger partial charge < -0.3 is 15.2 Å². The smallest absolute Gasteiger partial charge is 0.469 e. The summed E-state index contributed by atoms with van der Waals surface area (Å²) in [5.74, 6) is -1.68. The van der Waals surface area contributed by atoms with Crippen LogP contribution in [-0.4, -0.2) is 31.7 Å². The third-order valence-electron chi connectivity index (χ3n) is 4.27. The summed E-state index contributed by atoms with van der Waals surface area (Å²) in [6.07, 6.45) is -5.42. The lowest BCUT2D eigenvalue weighted by molar-refractivity contribution is -0.143. The van der Waals surface area contributed by atoms with Crippen molar-refractivity contribution in [3.8, 4) is 0 Å². The van der Waals surface area contributed by atoms with E-state index in [4.69, 9.17) is 10.5 Å². The van der Waals surface area contributed by atoms with E-state index in [2.05, 4.69) is 14.7 Å². The molecule has 0 saturated heterocycles. The average Bonchev–Trinajstić information content (AvgIpc) is 2.75. The highest BCUT2D eigenvalue weighted by Gasteiger charge is 2.32. The van der Waals surface area contributed by atoms with Gasteiger partial charge in [0.25, 0.3) is 0 Å². The zero-order valence-electron chi connectivity index (χ0n) is 16.8. The van der Waals surface area contributed by atoms with Gasteiger partial charge in [-0.1, -0.05) is 47.6 Å². The molecule has 1 unspecified atom stereocenters. The third-order valence-corrected chi connectivity index (χ3v) is 4.27. The first-order chi connectivity index (χ1) is 14.7. The topological polar surface area (TPSA) is 100 Å². The fourth-order valence-corrected chi connectivity index (χ4v) is 2.74. The van der Waals surface area contributed by atoms with Crippen molar-refractivity contribution in [3.63, 3.8) is 0 Å². The van der Waals surface area contributed by atoms with E-state index in [1.54, 1.807) is 31.2 Å². The lowest BCUT2D eigenvalue weighted by atomic mass is 9.90. The predicted molar refractivity (Wildman–Crippen MR) is 105 cm³/mol. The van der Waals surface area contributed by atoms with Crippen LogP contribution in [0.15, 0.2) is 53.7 Å². The van der Waals surface area contributed by atoms with Crippen molar-refractivity contribution in [1.82, 2.24) is 0 Å². The van der Waals surface area contributed by atoms with Crippen molar-refractivity contribution < 1.29 is 37.1 Å². The van der Waals surface area contributed by atoms with Crippen molar-refractivity contribution in [1.29, 1.82) is 0 Å². The number of hydrogen-bond acceptors (Lipinski definition) is 6. The summed E-state index contributed by atoms with van der Waals surface area (Å²) >= 11 is 0. The van der Waals surface area contributed by atoms with Gasteiger partial charge >= 0.3 is 18.3 Å². The lowest BCUT2D eigenvalue weighted by Crippen LogP contribution is -2.18. The molecule has 0 bridgehead atoms. The number of esters is 1. The normalized spacial score (nSPS) is 12.7. The molecule has 0 aliphatic rings. The van der Waals surface area contributed by atoms with E-state index in [0.717, 1.165) is 12.1 Å². The zero-order valence-corrected chi connectivity index (χ0v) is 16.8. The first kappa shape index (κ1) is 23.7. The number of nitrogens with two attached hydrogens (primary N) is 1. The minimum Gasteiger partial charge on any atom is -0.469 e. The number of amidine groups is 1. The molecule has 1 atom stereocenters. The van der Waals surface area contributed by atoms with E-state index in [0.29, 0.717) is 11.1 Å². The number of nitrogens with zero attached hydrogens (tertiary/aromatic N) is 1. The van der Waals surface area contributed by atoms with E-state index in [9.17, 15) is 22.8 Å². The Balaban J connectivity index is 2.21. The van der Waals surface area contributed by atoms with Crippen LogP contribution in [-0.2, 0) is 31.7 Å². The molecule has 166 valence electrons. The van der Waals surface area contributed by atoms with Crippen LogP contribution in [0.1, 0.15) is 35.1 Å². The van der Waals surface area contributed by atoms with E-state index in [1.165, 1.54) is 19.2 Å². The fourth-order valence-electron chi connectivity index (χ4n) is 2.74. The quantitative estimate of drug-likeness (QED) is 0.231. The summed E-state index contributed by atoms with van der Waals surface area (Å²) in [6.45, 7) is 1.73. The Hall–Kier alpha value is -3.56. The highest BCUT2D eigenvalue weighted by molar-refractivity contribution is 5.97. The Morgan fingerprint density at radius 2 is 1.81 bits per heavy atom. The number of halogens is 3. The number of oxime groups is 1. The Morgan fingerprint density at radius 3 is 2.39 bits per heavy atom. The molecule has 0 saturated carbocycles. The number of benzene rings is 2. The summed E-state index contributed by atoms with van der Waals surface area (Å²) in [5, 5.41) is 3.46. The Morgan fingerprint density at radius 1 is 1.13 bits per heavy atom. The van der Waals surface area contributed by atoms with Gasteiger partial charge in [-0.05, 0) is 30.5 Å². The van der Waals surface area contributed by atoms with Crippen LogP contribution in [0.3, 0.4) is 0 Å². The van der Waals surface area contributed by atoms with Gasteiger partial charge in [-0.25, -0.2) is 4.79 Å². The van der Waals surface area contributed by atoms with E-state index < -0.39 is 29.8 Å². The predicted octanol–water partition coefficient (Wildman–Crippen LogP) is 4.00. The monoisotopic (exact) mass is 438 g/mol. The van der Waals surface area contributed by atoms with Crippen molar-refractivity contribution >= 4 is 18.0 Å². The van der Waals surface area contributed by atoms with Crippen LogP contribution in [0.25, 0.3) is 0 Å². The average molecular weight is 438 g/mol. The summed E-state index contributed by atoms with van der Waals surface area (Å²) < 4.78 is 48.5. The molecule has 0 amide bonds. The summed E-state index contributed by atoms with van der Waals surface area (Å²) in [7, 11) is 1.17. The van der Waals surface area contributed by atoms with Crippen LogP contribution in [0.2, 0.25) is 0 Å². The fraction of sp³-hybridized carbons (Fsp3) is 0.286. The highest BCUT2D eigenvalue weighted by Crippen LogP contribution is 2.32. The number of carbonyl (C=O) groups excluding carboxylic acids is 2. The van der Waals surface area contributed by atoms with Gasteiger partial charge in [0.15, 0.2) is 5.84 Å². The maximum absolute atomic E-state index is 13.0. The van der Waals surface area contributed by atoms with Crippen molar-refractivity contribution in [3.05, 3.63) is 70.8 Å². The molecule has 10 heteroatoms. The molecule has 7 nitrogen and oxygen atoms in total. The molecule has 0 radical (unpaired) electrons. The molecule has 0 aromatic heterocycles. The standard InChI is InChI=1S/C21H21F3N2O5/c1-3-30-20(28)31-26-18(25)14-9-7-13(8-10-14)11-17(19(27)29-2)15-5-4-6-16(12-15)21(22,23)24/h4-10,12,17H,3,11H2,1-2H3,(H2,25,26). The Bertz CT molecular complexity index is 943. The van der Waals surface area contributed by atoms with Crippen LogP contribution in [0, 0.1) is 0 Å². The van der Waals surface area contributed by atoms with Gasteiger partial charge in [0, 0.05) is 5.56 Å². The molecule has 2 aromatic carbocycles. The molecule has 2 aromatic rings. The molecule has 0 fully saturated rings. The number of hydrogen-bond donors (Lipinski definition) is 1. The third kappa shape index (κ3) is 6.73. The first-order valence-electron chi connectivity index (χ1n) is 9.17. The summed E-state index contributed by atoms with van der Waals surface area (Å²) in [4.78, 5) is 27.9. The number of ether oxygens (including phenoxy) is 2.